The first kappa shape index (κ1) is 15.7. The van der Waals surface area contributed by atoms with E-state index >= 15 is 0 Å². The number of nitrogens with one attached hydrogen (secondary N) is 1. The van der Waals surface area contributed by atoms with Crippen LogP contribution >= 0.6 is 0 Å². The molecule has 0 unspecified atom stereocenters. The van der Waals surface area contributed by atoms with Crippen molar-refractivity contribution in [2.24, 2.45) is 0 Å². The maximum atomic E-state index is 6.00. The largest absolute Gasteiger partial charge is 0.378 e. The number of rotatable bonds is 6. The van der Waals surface area contributed by atoms with E-state index in [4.69, 9.17) is 4.74 Å². The molecule has 4 nitrogen and oxygen atoms in total. The van der Waals surface area contributed by atoms with Gasteiger partial charge in [0.2, 0.25) is 0 Å². The zero-order chi connectivity index (χ0) is 14.3. The zero-order valence-electron chi connectivity index (χ0n) is 13.6. The zero-order valence-corrected chi connectivity index (χ0v) is 13.6. The molecular formula is C17H33N3O. The van der Waals surface area contributed by atoms with E-state index in [1.165, 1.54) is 77.7 Å². The van der Waals surface area contributed by atoms with Crippen LogP contribution in [0.25, 0.3) is 0 Å². The van der Waals surface area contributed by atoms with Crippen LogP contribution in [0.5, 0.6) is 0 Å². The number of nitrogens with zero attached hydrogens (tertiary/aromatic N) is 2. The van der Waals surface area contributed by atoms with Crippen LogP contribution in [-0.2, 0) is 4.74 Å². The van der Waals surface area contributed by atoms with Gasteiger partial charge in [-0.3, -0.25) is 4.90 Å². The minimum atomic E-state index is 0.519. The fourth-order valence-electron chi connectivity index (χ4n) is 4.12. The van der Waals surface area contributed by atoms with E-state index in [1.807, 2.05) is 0 Å². The summed E-state index contributed by atoms with van der Waals surface area (Å²) in [4.78, 5) is 5.38. The van der Waals surface area contributed by atoms with E-state index in [0.29, 0.717) is 6.10 Å². The predicted molar refractivity (Wildman–Crippen MR) is 86.7 cm³/mol. The number of piperazine rings is 1. The Labute approximate surface area is 130 Å². The molecule has 0 amide bonds. The summed E-state index contributed by atoms with van der Waals surface area (Å²) in [7, 11) is 0. The summed E-state index contributed by atoms with van der Waals surface area (Å²) in [6, 6.07) is 0.912. The summed E-state index contributed by atoms with van der Waals surface area (Å²) in [6.45, 7) is 9.56. The van der Waals surface area contributed by atoms with Gasteiger partial charge in [-0.15, -0.1) is 0 Å². The lowest BCUT2D eigenvalue weighted by Gasteiger charge is -2.38. The smallest absolute Gasteiger partial charge is 0.0599 e. The highest BCUT2D eigenvalue weighted by Crippen LogP contribution is 2.24. The van der Waals surface area contributed by atoms with Gasteiger partial charge in [-0.2, -0.15) is 0 Å². The van der Waals surface area contributed by atoms with Crippen molar-refractivity contribution in [3.05, 3.63) is 0 Å². The Morgan fingerprint density at radius 2 is 1.62 bits per heavy atom. The lowest BCUT2D eigenvalue weighted by Crippen LogP contribution is -2.49. The Morgan fingerprint density at radius 3 is 2.33 bits per heavy atom. The van der Waals surface area contributed by atoms with Gasteiger partial charge >= 0.3 is 0 Å². The van der Waals surface area contributed by atoms with Gasteiger partial charge in [-0.1, -0.05) is 12.8 Å². The standard InChI is InChI=1S/C17H33N3O/c1-2-5-16(4-1)20-13-11-19(12-14-20)10-3-15-21-17-6-8-18-9-7-17/h16-18H,1-15H2. The summed E-state index contributed by atoms with van der Waals surface area (Å²) in [5, 5.41) is 3.39. The first-order chi connectivity index (χ1) is 10.4. The van der Waals surface area contributed by atoms with E-state index in [1.54, 1.807) is 0 Å². The number of piperidine rings is 1. The SMILES string of the molecule is C1CCC(N2CCN(CCCOC3CCNCC3)CC2)C1. The average molecular weight is 295 g/mol. The number of ether oxygens (including phenoxy) is 1. The summed E-state index contributed by atoms with van der Waals surface area (Å²) in [5.74, 6) is 0. The molecule has 1 aliphatic carbocycles. The van der Waals surface area contributed by atoms with Crippen LogP contribution in [0.15, 0.2) is 0 Å². The third-order valence-corrected chi connectivity index (χ3v) is 5.51. The molecule has 21 heavy (non-hydrogen) atoms. The molecule has 0 atom stereocenters. The minimum Gasteiger partial charge on any atom is -0.378 e. The van der Waals surface area contributed by atoms with Crippen LogP contribution in [0.4, 0.5) is 0 Å². The monoisotopic (exact) mass is 295 g/mol. The van der Waals surface area contributed by atoms with E-state index in [-0.39, 0.29) is 0 Å². The fraction of sp³-hybridized carbons (Fsp3) is 1.00. The minimum absolute atomic E-state index is 0.519. The van der Waals surface area contributed by atoms with E-state index in [9.17, 15) is 0 Å². The number of hydrogen-bond donors (Lipinski definition) is 1. The van der Waals surface area contributed by atoms with Crippen LogP contribution in [-0.4, -0.2) is 74.4 Å². The van der Waals surface area contributed by atoms with Crippen molar-refractivity contribution in [1.29, 1.82) is 0 Å². The van der Waals surface area contributed by atoms with Crippen molar-refractivity contribution in [2.75, 3.05) is 52.4 Å². The second-order valence-electron chi connectivity index (χ2n) is 6.99. The summed E-state index contributed by atoms with van der Waals surface area (Å²) in [5.41, 5.74) is 0. The van der Waals surface area contributed by atoms with Crippen LogP contribution in [0.3, 0.4) is 0 Å². The first-order valence-electron chi connectivity index (χ1n) is 9.20. The topological polar surface area (TPSA) is 27.7 Å². The summed E-state index contributed by atoms with van der Waals surface area (Å²) < 4.78 is 6.00. The molecule has 3 aliphatic rings. The maximum absolute atomic E-state index is 6.00. The molecule has 4 heteroatoms. The molecule has 0 aromatic carbocycles. The van der Waals surface area contributed by atoms with Gasteiger partial charge in [0.25, 0.3) is 0 Å². The quantitative estimate of drug-likeness (QED) is 0.755. The molecule has 2 aliphatic heterocycles. The lowest BCUT2D eigenvalue weighted by molar-refractivity contribution is 0.0238. The molecule has 0 aromatic rings. The molecule has 2 heterocycles. The van der Waals surface area contributed by atoms with Crippen LogP contribution < -0.4 is 5.32 Å². The van der Waals surface area contributed by atoms with Gasteiger partial charge in [0.1, 0.15) is 0 Å². The van der Waals surface area contributed by atoms with E-state index in [2.05, 4.69) is 15.1 Å². The third-order valence-electron chi connectivity index (χ3n) is 5.51. The highest BCUT2D eigenvalue weighted by Gasteiger charge is 2.25. The van der Waals surface area contributed by atoms with Gasteiger partial charge in [-0.25, -0.2) is 0 Å². The molecule has 0 radical (unpaired) electrons. The third kappa shape index (κ3) is 4.92. The highest BCUT2D eigenvalue weighted by molar-refractivity contribution is 4.81. The van der Waals surface area contributed by atoms with Gasteiger partial charge in [0.05, 0.1) is 6.10 Å². The average Bonchev–Trinajstić information content (AvgIpc) is 3.08. The maximum Gasteiger partial charge on any atom is 0.0599 e. The van der Waals surface area contributed by atoms with Crippen molar-refractivity contribution in [3.63, 3.8) is 0 Å². The first-order valence-corrected chi connectivity index (χ1v) is 9.20. The molecule has 0 aromatic heterocycles. The van der Waals surface area contributed by atoms with Crippen molar-refractivity contribution in [1.82, 2.24) is 15.1 Å². The van der Waals surface area contributed by atoms with Crippen molar-refractivity contribution in [2.45, 2.75) is 57.1 Å². The molecular weight excluding hydrogens is 262 g/mol. The van der Waals surface area contributed by atoms with Crippen LogP contribution in [0.1, 0.15) is 44.9 Å². The Morgan fingerprint density at radius 1 is 0.905 bits per heavy atom. The molecule has 0 spiro atoms. The van der Waals surface area contributed by atoms with Crippen LogP contribution in [0.2, 0.25) is 0 Å². The lowest BCUT2D eigenvalue weighted by atomic mass is 10.1. The van der Waals surface area contributed by atoms with Crippen molar-refractivity contribution in [3.8, 4) is 0 Å². The molecule has 3 rings (SSSR count). The molecule has 3 fully saturated rings. The van der Waals surface area contributed by atoms with Crippen molar-refractivity contribution >= 4 is 0 Å². The van der Waals surface area contributed by atoms with Gasteiger partial charge in [-0.05, 0) is 45.2 Å². The molecule has 0 bridgehead atoms. The second kappa shape index (κ2) is 8.47. The van der Waals surface area contributed by atoms with Crippen molar-refractivity contribution < 1.29 is 4.74 Å². The number of hydrogen-bond acceptors (Lipinski definition) is 4. The van der Waals surface area contributed by atoms with Crippen LogP contribution in [0, 0.1) is 0 Å². The molecule has 122 valence electrons. The molecule has 2 saturated heterocycles. The molecule has 1 saturated carbocycles. The van der Waals surface area contributed by atoms with Gasteiger partial charge in [0.15, 0.2) is 0 Å². The van der Waals surface area contributed by atoms with Gasteiger partial charge < -0.3 is 15.0 Å². The second-order valence-corrected chi connectivity index (χ2v) is 6.99. The van der Waals surface area contributed by atoms with E-state index < -0.39 is 0 Å². The van der Waals surface area contributed by atoms with E-state index in [0.717, 1.165) is 25.7 Å². The Hall–Kier alpha value is -0.160. The van der Waals surface area contributed by atoms with Gasteiger partial charge in [0, 0.05) is 45.4 Å². The normalized spacial score (nSPS) is 27.4. The predicted octanol–water partition coefficient (Wildman–Crippen LogP) is 1.71. The Balaban J connectivity index is 1.24. The highest BCUT2D eigenvalue weighted by atomic mass is 16.5. The summed E-state index contributed by atoms with van der Waals surface area (Å²) in [6.07, 6.45) is 9.92. The Bertz CT molecular complexity index is 280. The summed E-state index contributed by atoms with van der Waals surface area (Å²) >= 11 is 0. The Kier molecular flexibility index (Phi) is 6.34. The fourth-order valence-corrected chi connectivity index (χ4v) is 4.12. The molecule has 1 N–H and O–H groups in total.